The number of carbonyl (C=O) groups is 2. The summed E-state index contributed by atoms with van der Waals surface area (Å²) < 4.78 is 18.5. The maximum Gasteiger partial charge on any atom is 0.243 e. The van der Waals surface area contributed by atoms with E-state index >= 15 is 0 Å². The Morgan fingerprint density at radius 3 is 2.33 bits per heavy atom. The Labute approximate surface area is 178 Å². The molecule has 2 aromatic rings. The van der Waals surface area contributed by atoms with Crippen LogP contribution in [0, 0.1) is 5.82 Å². The number of hydrogen-bond acceptors (Lipinski definition) is 3. The number of halogens is 1. The number of benzene rings is 2. The first-order valence-corrected chi connectivity index (χ1v) is 10.1. The molecule has 0 bridgehead atoms. The number of methoxy groups -OCH3 is 1. The van der Waals surface area contributed by atoms with Gasteiger partial charge in [-0.25, -0.2) is 4.39 Å². The van der Waals surface area contributed by atoms with Crippen LogP contribution in [0.1, 0.15) is 45.2 Å². The molecule has 0 spiro atoms. The number of nitrogens with zero attached hydrogens (tertiary/aromatic N) is 1. The van der Waals surface area contributed by atoms with E-state index in [0.717, 1.165) is 5.56 Å². The quantitative estimate of drug-likeness (QED) is 0.708. The Bertz CT molecular complexity index is 859. The van der Waals surface area contributed by atoms with E-state index in [9.17, 15) is 14.0 Å². The van der Waals surface area contributed by atoms with Gasteiger partial charge in [0.1, 0.15) is 17.6 Å². The lowest BCUT2D eigenvalue weighted by Gasteiger charge is -2.33. The standard InChI is InChI=1S/C24H31FN2O3/c1-6-21(23(29)26-24(2,3)4)27(16-18-8-7-9-20(14-18)30-5)22(28)15-17-10-12-19(25)13-11-17/h7-14,21H,6,15-16H2,1-5H3,(H,26,29)/t21-/m0/s1. The molecule has 0 aliphatic rings. The molecule has 0 aromatic heterocycles. The van der Waals surface area contributed by atoms with Crippen LogP contribution < -0.4 is 10.1 Å². The number of ether oxygens (including phenoxy) is 1. The van der Waals surface area contributed by atoms with Gasteiger partial charge in [-0.3, -0.25) is 9.59 Å². The number of hydrogen-bond donors (Lipinski definition) is 1. The van der Waals surface area contributed by atoms with Gasteiger partial charge in [0.15, 0.2) is 0 Å². The molecule has 0 unspecified atom stereocenters. The van der Waals surface area contributed by atoms with Gasteiger partial charge >= 0.3 is 0 Å². The molecule has 30 heavy (non-hydrogen) atoms. The second kappa shape index (κ2) is 10.2. The van der Waals surface area contributed by atoms with Gasteiger partial charge in [0, 0.05) is 12.1 Å². The molecule has 6 heteroatoms. The Hall–Kier alpha value is -2.89. The predicted molar refractivity (Wildman–Crippen MR) is 116 cm³/mol. The molecule has 1 N–H and O–H groups in total. The highest BCUT2D eigenvalue weighted by Crippen LogP contribution is 2.19. The molecule has 2 aromatic carbocycles. The van der Waals surface area contributed by atoms with Crippen LogP contribution in [0.4, 0.5) is 4.39 Å². The van der Waals surface area contributed by atoms with Gasteiger partial charge in [-0.1, -0.05) is 31.2 Å². The first-order chi connectivity index (χ1) is 14.1. The summed E-state index contributed by atoms with van der Waals surface area (Å²) in [4.78, 5) is 27.8. The number of rotatable bonds is 8. The Morgan fingerprint density at radius 1 is 1.10 bits per heavy atom. The van der Waals surface area contributed by atoms with E-state index in [2.05, 4.69) is 5.32 Å². The van der Waals surface area contributed by atoms with Crippen molar-refractivity contribution in [1.29, 1.82) is 0 Å². The molecule has 0 fully saturated rings. The third-order valence-electron chi connectivity index (χ3n) is 4.64. The van der Waals surface area contributed by atoms with Gasteiger partial charge < -0.3 is 15.0 Å². The molecule has 0 radical (unpaired) electrons. The zero-order valence-corrected chi connectivity index (χ0v) is 18.4. The summed E-state index contributed by atoms with van der Waals surface area (Å²) in [6.45, 7) is 7.88. The summed E-state index contributed by atoms with van der Waals surface area (Å²) in [5, 5.41) is 2.98. The van der Waals surface area contributed by atoms with Crippen molar-refractivity contribution in [1.82, 2.24) is 10.2 Å². The lowest BCUT2D eigenvalue weighted by molar-refractivity contribution is -0.141. The molecule has 0 heterocycles. The molecule has 2 rings (SSSR count). The van der Waals surface area contributed by atoms with E-state index in [-0.39, 0.29) is 30.6 Å². The summed E-state index contributed by atoms with van der Waals surface area (Å²) in [5.74, 6) is -0.0539. The normalized spacial score (nSPS) is 12.2. The van der Waals surface area contributed by atoms with Crippen molar-refractivity contribution < 1.29 is 18.7 Å². The lowest BCUT2D eigenvalue weighted by Crippen LogP contribution is -2.53. The Morgan fingerprint density at radius 2 is 1.77 bits per heavy atom. The molecule has 0 aliphatic carbocycles. The van der Waals surface area contributed by atoms with E-state index in [1.807, 2.05) is 52.0 Å². The van der Waals surface area contributed by atoms with E-state index in [0.29, 0.717) is 17.7 Å². The van der Waals surface area contributed by atoms with Gasteiger partial charge in [0.2, 0.25) is 11.8 Å². The van der Waals surface area contributed by atoms with Crippen LogP contribution in [-0.4, -0.2) is 35.4 Å². The van der Waals surface area contributed by atoms with Crippen molar-refractivity contribution >= 4 is 11.8 Å². The first-order valence-electron chi connectivity index (χ1n) is 10.1. The molecule has 0 aliphatic heterocycles. The van der Waals surface area contributed by atoms with E-state index in [4.69, 9.17) is 4.74 Å². The van der Waals surface area contributed by atoms with E-state index in [1.54, 1.807) is 24.1 Å². The maximum atomic E-state index is 13.2. The number of carbonyl (C=O) groups excluding carboxylic acids is 2. The van der Waals surface area contributed by atoms with Crippen LogP contribution in [0.3, 0.4) is 0 Å². The fourth-order valence-electron chi connectivity index (χ4n) is 3.22. The zero-order valence-electron chi connectivity index (χ0n) is 18.4. The Kier molecular flexibility index (Phi) is 7.98. The summed E-state index contributed by atoms with van der Waals surface area (Å²) in [5.41, 5.74) is 1.15. The van der Waals surface area contributed by atoms with Crippen LogP contribution in [-0.2, 0) is 22.6 Å². The molecule has 162 valence electrons. The summed E-state index contributed by atoms with van der Waals surface area (Å²) >= 11 is 0. The average molecular weight is 415 g/mol. The molecular formula is C24H31FN2O3. The molecule has 0 saturated carbocycles. The SMILES string of the molecule is CC[C@@H](C(=O)NC(C)(C)C)N(Cc1cccc(OC)c1)C(=O)Cc1ccc(F)cc1. The highest BCUT2D eigenvalue weighted by atomic mass is 19.1. The highest BCUT2D eigenvalue weighted by Gasteiger charge is 2.30. The van der Waals surface area contributed by atoms with Gasteiger partial charge in [0.05, 0.1) is 13.5 Å². The van der Waals surface area contributed by atoms with Crippen molar-refractivity contribution in [2.24, 2.45) is 0 Å². The number of nitrogens with one attached hydrogen (secondary N) is 1. The van der Waals surface area contributed by atoms with Gasteiger partial charge in [-0.2, -0.15) is 0 Å². The smallest absolute Gasteiger partial charge is 0.243 e. The average Bonchev–Trinajstić information content (AvgIpc) is 2.68. The fraction of sp³-hybridized carbons (Fsp3) is 0.417. The van der Waals surface area contributed by atoms with Crippen LogP contribution in [0.2, 0.25) is 0 Å². The van der Waals surface area contributed by atoms with Gasteiger partial charge in [-0.15, -0.1) is 0 Å². The highest BCUT2D eigenvalue weighted by molar-refractivity contribution is 5.88. The molecule has 2 amide bonds. The van der Waals surface area contributed by atoms with Crippen LogP contribution in [0.15, 0.2) is 48.5 Å². The van der Waals surface area contributed by atoms with E-state index < -0.39 is 11.6 Å². The van der Waals surface area contributed by atoms with Crippen molar-refractivity contribution in [2.75, 3.05) is 7.11 Å². The van der Waals surface area contributed by atoms with Crippen molar-refractivity contribution in [3.05, 3.63) is 65.5 Å². The minimum Gasteiger partial charge on any atom is -0.497 e. The summed E-state index contributed by atoms with van der Waals surface area (Å²) in [6.07, 6.45) is 0.560. The predicted octanol–water partition coefficient (Wildman–Crippen LogP) is 4.10. The Balaban J connectivity index is 2.32. The maximum absolute atomic E-state index is 13.2. The monoisotopic (exact) mass is 414 g/mol. The summed E-state index contributed by atoms with van der Waals surface area (Å²) in [6, 6.07) is 12.7. The topological polar surface area (TPSA) is 58.6 Å². The first kappa shape index (κ1) is 23.4. The minimum atomic E-state index is -0.622. The molecule has 1 atom stereocenters. The second-order valence-electron chi connectivity index (χ2n) is 8.34. The molecule has 0 saturated heterocycles. The third-order valence-corrected chi connectivity index (χ3v) is 4.64. The largest absolute Gasteiger partial charge is 0.497 e. The van der Waals surface area contributed by atoms with Crippen molar-refractivity contribution in [2.45, 2.75) is 58.7 Å². The van der Waals surface area contributed by atoms with Gasteiger partial charge in [-0.05, 0) is 62.6 Å². The lowest BCUT2D eigenvalue weighted by atomic mass is 10.0. The van der Waals surface area contributed by atoms with Gasteiger partial charge in [0.25, 0.3) is 0 Å². The minimum absolute atomic E-state index is 0.0869. The number of amides is 2. The summed E-state index contributed by atoms with van der Waals surface area (Å²) in [7, 11) is 1.59. The van der Waals surface area contributed by atoms with E-state index in [1.165, 1.54) is 12.1 Å². The fourth-order valence-corrected chi connectivity index (χ4v) is 3.22. The second-order valence-corrected chi connectivity index (χ2v) is 8.34. The zero-order chi connectivity index (χ0) is 22.3. The van der Waals surface area contributed by atoms with Crippen molar-refractivity contribution in [3.63, 3.8) is 0 Å². The van der Waals surface area contributed by atoms with Crippen LogP contribution >= 0.6 is 0 Å². The third kappa shape index (κ3) is 6.87. The van der Waals surface area contributed by atoms with Crippen molar-refractivity contribution in [3.8, 4) is 5.75 Å². The van der Waals surface area contributed by atoms with Crippen LogP contribution in [0.25, 0.3) is 0 Å². The van der Waals surface area contributed by atoms with Crippen LogP contribution in [0.5, 0.6) is 5.75 Å². The molecular weight excluding hydrogens is 383 g/mol. The molecule has 5 nitrogen and oxygen atoms in total.